The maximum absolute atomic E-state index is 4.47. The highest BCUT2D eigenvalue weighted by atomic mass is 79.9. The van der Waals surface area contributed by atoms with Gasteiger partial charge in [0, 0.05) is 10.4 Å². The summed E-state index contributed by atoms with van der Waals surface area (Å²) in [5.74, 6) is 1.83. The van der Waals surface area contributed by atoms with Crippen molar-refractivity contribution in [3.05, 3.63) is 40.8 Å². The summed E-state index contributed by atoms with van der Waals surface area (Å²) in [5.41, 5.74) is 2.32. The lowest BCUT2D eigenvalue weighted by Crippen LogP contribution is -2.10. The van der Waals surface area contributed by atoms with Crippen molar-refractivity contribution in [3.63, 3.8) is 0 Å². The van der Waals surface area contributed by atoms with E-state index in [1.165, 1.54) is 24.8 Å². The van der Waals surface area contributed by atoms with Gasteiger partial charge in [0.15, 0.2) is 0 Å². The predicted molar refractivity (Wildman–Crippen MR) is 68.3 cm³/mol. The number of aromatic amines is 1. The van der Waals surface area contributed by atoms with Gasteiger partial charge in [-0.1, -0.05) is 34.5 Å². The summed E-state index contributed by atoms with van der Waals surface area (Å²) in [6, 6.07) is 8.31. The zero-order valence-corrected chi connectivity index (χ0v) is 10.5. The molecule has 0 bridgehead atoms. The monoisotopic (exact) mass is 276 g/mol. The van der Waals surface area contributed by atoms with Gasteiger partial charge in [0.05, 0.1) is 11.9 Å². The molecule has 1 N–H and O–H groups in total. The lowest BCUT2D eigenvalue weighted by atomic mass is 9.85. The molecule has 0 radical (unpaired) electrons. The van der Waals surface area contributed by atoms with Crippen LogP contribution in [0.25, 0.3) is 11.3 Å². The van der Waals surface area contributed by atoms with E-state index >= 15 is 0 Å². The zero-order chi connectivity index (χ0) is 11.0. The Kier molecular flexibility index (Phi) is 2.56. The maximum Gasteiger partial charge on any atom is 0.109 e. The van der Waals surface area contributed by atoms with Crippen molar-refractivity contribution in [3.8, 4) is 11.3 Å². The van der Waals surface area contributed by atoms with Gasteiger partial charge < -0.3 is 4.98 Å². The summed E-state index contributed by atoms with van der Waals surface area (Å²) in [6.07, 6.45) is 5.86. The van der Waals surface area contributed by atoms with E-state index in [1.54, 1.807) is 0 Å². The molecule has 3 heteroatoms. The van der Waals surface area contributed by atoms with Crippen molar-refractivity contribution in [2.75, 3.05) is 0 Å². The van der Waals surface area contributed by atoms with Crippen molar-refractivity contribution < 1.29 is 0 Å². The average molecular weight is 277 g/mol. The quantitative estimate of drug-likeness (QED) is 0.879. The number of halogens is 1. The number of hydrogen-bond donors (Lipinski definition) is 1. The number of aromatic nitrogens is 2. The van der Waals surface area contributed by atoms with Crippen molar-refractivity contribution in [1.29, 1.82) is 0 Å². The first-order chi connectivity index (χ1) is 7.83. The molecule has 2 aromatic rings. The van der Waals surface area contributed by atoms with E-state index in [4.69, 9.17) is 0 Å². The molecule has 1 aromatic carbocycles. The van der Waals surface area contributed by atoms with Crippen molar-refractivity contribution >= 4 is 15.9 Å². The number of H-pyrrole nitrogens is 1. The second kappa shape index (κ2) is 4.06. The molecule has 2 nitrogen and oxygen atoms in total. The molecular weight excluding hydrogens is 264 g/mol. The fourth-order valence-corrected chi connectivity index (χ4v) is 2.27. The van der Waals surface area contributed by atoms with Crippen LogP contribution < -0.4 is 0 Å². The van der Waals surface area contributed by atoms with Crippen LogP contribution in [-0.4, -0.2) is 9.97 Å². The van der Waals surface area contributed by atoms with Crippen LogP contribution in [0.15, 0.2) is 34.9 Å². The second-order valence-electron chi connectivity index (χ2n) is 4.32. The Balaban J connectivity index is 1.88. The van der Waals surface area contributed by atoms with E-state index < -0.39 is 0 Å². The lowest BCUT2D eigenvalue weighted by Gasteiger charge is -2.22. The van der Waals surface area contributed by atoms with Crippen molar-refractivity contribution in [2.24, 2.45) is 0 Å². The van der Waals surface area contributed by atoms with E-state index in [9.17, 15) is 0 Å². The highest BCUT2D eigenvalue weighted by Gasteiger charge is 2.22. The standard InChI is InChI=1S/C13H13BrN2/c14-11-6-4-9(5-7-11)12-8-15-13(16-12)10-2-1-3-10/h4-8,10H,1-3H2,(H,15,16). The molecule has 0 unspecified atom stereocenters. The smallest absolute Gasteiger partial charge is 0.109 e. The highest BCUT2D eigenvalue weighted by molar-refractivity contribution is 9.10. The molecule has 1 fully saturated rings. The van der Waals surface area contributed by atoms with Crippen LogP contribution in [-0.2, 0) is 0 Å². The summed E-state index contributed by atoms with van der Waals surface area (Å²) >= 11 is 3.44. The number of rotatable bonds is 2. The van der Waals surface area contributed by atoms with Gasteiger partial charge in [-0.25, -0.2) is 4.98 Å². The molecule has 0 amide bonds. The Morgan fingerprint density at radius 1 is 1.19 bits per heavy atom. The topological polar surface area (TPSA) is 28.7 Å². The molecule has 16 heavy (non-hydrogen) atoms. The third-order valence-corrected chi connectivity index (χ3v) is 3.77. The molecule has 82 valence electrons. The van der Waals surface area contributed by atoms with Crippen LogP contribution in [0.5, 0.6) is 0 Å². The Labute approximate surface area is 103 Å². The Bertz CT molecular complexity index is 483. The first kappa shape index (κ1) is 10.1. The lowest BCUT2D eigenvalue weighted by molar-refractivity contribution is 0.404. The van der Waals surface area contributed by atoms with Crippen molar-refractivity contribution in [2.45, 2.75) is 25.2 Å². The molecule has 1 saturated carbocycles. The third-order valence-electron chi connectivity index (χ3n) is 3.24. The largest absolute Gasteiger partial charge is 0.342 e. The number of hydrogen-bond acceptors (Lipinski definition) is 1. The SMILES string of the molecule is Brc1ccc(-c2cnc(C3CCC3)[nH]2)cc1. The Morgan fingerprint density at radius 3 is 2.56 bits per heavy atom. The van der Waals surface area contributed by atoms with Gasteiger partial charge >= 0.3 is 0 Å². The summed E-state index contributed by atoms with van der Waals surface area (Å²) < 4.78 is 1.11. The molecule has 3 rings (SSSR count). The van der Waals surface area contributed by atoms with Crippen molar-refractivity contribution in [1.82, 2.24) is 9.97 Å². The predicted octanol–water partition coefficient (Wildman–Crippen LogP) is 4.11. The van der Waals surface area contributed by atoms with Gasteiger partial charge in [0.2, 0.25) is 0 Å². The normalized spacial score (nSPS) is 16.1. The van der Waals surface area contributed by atoms with Gasteiger partial charge in [0.1, 0.15) is 5.82 Å². The van der Waals surface area contributed by atoms with E-state index in [-0.39, 0.29) is 0 Å². The molecule has 1 aliphatic carbocycles. The van der Waals surface area contributed by atoms with E-state index in [2.05, 4.69) is 50.2 Å². The molecule has 1 aliphatic rings. The summed E-state index contributed by atoms with van der Waals surface area (Å²) in [7, 11) is 0. The van der Waals surface area contributed by atoms with E-state index in [0.717, 1.165) is 16.0 Å². The van der Waals surface area contributed by atoms with Gasteiger partial charge in [-0.2, -0.15) is 0 Å². The Hall–Kier alpha value is -1.09. The van der Waals surface area contributed by atoms with Crippen LogP contribution in [0.4, 0.5) is 0 Å². The van der Waals surface area contributed by atoms with Crippen LogP contribution in [0.1, 0.15) is 31.0 Å². The average Bonchev–Trinajstić information content (AvgIpc) is 2.65. The van der Waals surface area contributed by atoms with Crippen LogP contribution in [0.3, 0.4) is 0 Å². The maximum atomic E-state index is 4.47. The first-order valence-corrected chi connectivity index (χ1v) is 6.43. The summed E-state index contributed by atoms with van der Waals surface area (Å²) in [4.78, 5) is 7.89. The van der Waals surface area contributed by atoms with Gasteiger partial charge in [-0.15, -0.1) is 0 Å². The molecular formula is C13H13BrN2. The van der Waals surface area contributed by atoms with Crippen LogP contribution in [0, 0.1) is 0 Å². The molecule has 0 saturated heterocycles. The molecule has 0 atom stereocenters. The minimum atomic E-state index is 0.671. The van der Waals surface area contributed by atoms with E-state index in [0.29, 0.717) is 5.92 Å². The Morgan fingerprint density at radius 2 is 1.94 bits per heavy atom. The first-order valence-electron chi connectivity index (χ1n) is 5.64. The minimum Gasteiger partial charge on any atom is -0.342 e. The number of benzene rings is 1. The highest BCUT2D eigenvalue weighted by Crippen LogP contribution is 2.35. The molecule has 1 aromatic heterocycles. The third kappa shape index (κ3) is 1.80. The summed E-state index contributed by atoms with van der Waals surface area (Å²) in [5, 5.41) is 0. The number of nitrogens with one attached hydrogen (secondary N) is 1. The van der Waals surface area contributed by atoms with Gasteiger partial charge in [-0.05, 0) is 30.5 Å². The summed E-state index contributed by atoms with van der Waals surface area (Å²) in [6.45, 7) is 0. The fraction of sp³-hybridized carbons (Fsp3) is 0.308. The van der Waals surface area contributed by atoms with E-state index in [1.807, 2.05) is 6.20 Å². The number of nitrogens with zero attached hydrogens (tertiary/aromatic N) is 1. The van der Waals surface area contributed by atoms with Gasteiger partial charge in [-0.3, -0.25) is 0 Å². The van der Waals surface area contributed by atoms with Crippen LogP contribution >= 0.6 is 15.9 Å². The van der Waals surface area contributed by atoms with Crippen LogP contribution in [0.2, 0.25) is 0 Å². The molecule has 0 aliphatic heterocycles. The molecule has 1 heterocycles. The second-order valence-corrected chi connectivity index (χ2v) is 5.23. The number of imidazole rings is 1. The minimum absolute atomic E-state index is 0.671. The zero-order valence-electron chi connectivity index (χ0n) is 8.91. The fourth-order valence-electron chi connectivity index (χ4n) is 2.00. The van der Waals surface area contributed by atoms with Gasteiger partial charge in [0.25, 0.3) is 0 Å². The molecule has 0 spiro atoms.